The molecule has 0 saturated carbocycles. The highest BCUT2D eigenvalue weighted by molar-refractivity contribution is 6.00. The Bertz CT molecular complexity index is 1100. The molecule has 1 aliphatic rings. The molecule has 2 aromatic carbocycles. The summed E-state index contributed by atoms with van der Waals surface area (Å²) in [4.78, 5) is 34.3. The van der Waals surface area contributed by atoms with E-state index in [1.54, 1.807) is 30.3 Å². The average molecular weight is 403 g/mol. The number of nitro groups is 1. The summed E-state index contributed by atoms with van der Waals surface area (Å²) >= 11 is 0. The third-order valence-corrected chi connectivity index (χ3v) is 4.80. The van der Waals surface area contributed by atoms with Crippen LogP contribution in [0.25, 0.3) is 11.1 Å². The number of hydrogen-bond acceptors (Lipinski definition) is 4. The quantitative estimate of drug-likeness (QED) is 0.428. The summed E-state index contributed by atoms with van der Waals surface area (Å²) in [7, 11) is 0. The van der Waals surface area contributed by atoms with Crippen molar-refractivity contribution >= 4 is 17.5 Å². The lowest BCUT2D eigenvalue weighted by Gasteiger charge is -2.09. The SMILES string of the molecule is Cc1ccc(C(N)=O)cc1-c1ccc(NC(=O)/C=C/C2=C([N+](=O)[O-])CCC=C2)cc1. The summed E-state index contributed by atoms with van der Waals surface area (Å²) in [5.41, 5.74) is 9.68. The zero-order valence-corrected chi connectivity index (χ0v) is 16.4. The first-order valence-electron chi connectivity index (χ1n) is 9.39. The van der Waals surface area contributed by atoms with Crippen molar-refractivity contribution in [3.8, 4) is 11.1 Å². The Morgan fingerprint density at radius 2 is 1.90 bits per heavy atom. The molecule has 0 aromatic heterocycles. The number of nitrogens with two attached hydrogens (primary N) is 1. The number of nitrogens with one attached hydrogen (secondary N) is 1. The first-order chi connectivity index (χ1) is 14.3. The summed E-state index contributed by atoms with van der Waals surface area (Å²) in [5, 5.41) is 13.8. The minimum Gasteiger partial charge on any atom is -0.366 e. The van der Waals surface area contributed by atoms with Crippen molar-refractivity contribution in [2.45, 2.75) is 19.8 Å². The van der Waals surface area contributed by atoms with Gasteiger partial charge in [0.25, 0.3) is 5.70 Å². The van der Waals surface area contributed by atoms with E-state index < -0.39 is 10.8 Å². The molecule has 0 heterocycles. The van der Waals surface area contributed by atoms with Gasteiger partial charge in [-0.1, -0.05) is 30.4 Å². The predicted octanol–water partition coefficient (Wildman–Crippen LogP) is 4.14. The number of anilines is 1. The fourth-order valence-electron chi connectivity index (χ4n) is 3.19. The molecule has 0 saturated heterocycles. The number of carbonyl (C=O) groups is 2. The van der Waals surface area contributed by atoms with Crippen molar-refractivity contribution in [3.63, 3.8) is 0 Å². The highest BCUT2D eigenvalue weighted by Crippen LogP contribution is 2.26. The van der Waals surface area contributed by atoms with E-state index in [2.05, 4.69) is 5.32 Å². The molecule has 0 radical (unpaired) electrons. The summed E-state index contributed by atoms with van der Waals surface area (Å²) in [6.07, 6.45) is 7.21. The van der Waals surface area contributed by atoms with E-state index in [-0.39, 0.29) is 11.6 Å². The molecule has 0 atom stereocenters. The van der Waals surface area contributed by atoms with E-state index >= 15 is 0 Å². The molecular weight excluding hydrogens is 382 g/mol. The fraction of sp³-hybridized carbons (Fsp3) is 0.130. The molecule has 0 aliphatic heterocycles. The number of rotatable bonds is 6. The second kappa shape index (κ2) is 9.00. The molecule has 2 aromatic rings. The first kappa shape index (κ1) is 20.7. The molecule has 3 N–H and O–H groups in total. The van der Waals surface area contributed by atoms with Crippen LogP contribution in [0.15, 0.2) is 78.0 Å². The molecule has 2 amide bonds. The van der Waals surface area contributed by atoms with Crippen molar-refractivity contribution in [2.75, 3.05) is 5.32 Å². The second-order valence-electron chi connectivity index (χ2n) is 6.89. The van der Waals surface area contributed by atoms with Crippen LogP contribution >= 0.6 is 0 Å². The molecule has 0 spiro atoms. The number of aryl methyl sites for hydroxylation is 1. The lowest BCUT2D eigenvalue weighted by Crippen LogP contribution is -2.11. The Labute approximate surface area is 173 Å². The monoisotopic (exact) mass is 403 g/mol. The maximum atomic E-state index is 12.2. The van der Waals surface area contributed by atoms with Gasteiger partial charge in [-0.05, 0) is 60.4 Å². The van der Waals surface area contributed by atoms with E-state index in [0.717, 1.165) is 16.7 Å². The molecule has 7 heteroatoms. The Morgan fingerprint density at radius 3 is 2.57 bits per heavy atom. The third kappa shape index (κ3) is 4.88. The summed E-state index contributed by atoms with van der Waals surface area (Å²) in [6.45, 7) is 1.94. The van der Waals surface area contributed by atoms with Gasteiger partial charge < -0.3 is 11.1 Å². The van der Waals surface area contributed by atoms with Crippen LogP contribution in [-0.2, 0) is 4.79 Å². The Hall–Kier alpha value is -4.00. The van der Waals surface area contributed by atoms with E-state index in [0.29, 0.717) is 29.7 Å². The smallest absolute Gasteiger partial charge is 0.253 e. The largest absolute Gasteiger partial charge is 0.366 e. The van der Waals surface area contributed by atoms with Gasteiger partial charge in [0.15, 0.2) is 0 Å². The zero-order valence-electron chi connectivity index (χ0n) is 16.4. The van der Waals surface area contributed by atoms with Gasteiger partial charge in [-0.25, -0.2) is 0 Å². The van der Waals surface area contributed by atoms with Gasteiger partial charge in [0.05, 0.1) is 4.92 Å². The van der Waals surface area contributed by atoms with Gasteiger partial charge in [-0.3, -0.25) is 19.7 Å². The highest BCUT2D eigenvalue weighted by atomic mass is 16.6. The second-order valence-corrected chi connectivity index (χ2v) is 6.89. The molecule has 7 nitrogen and oxygen atoms in total. The molecule has 0 bridgehead atoms. The van der Waals surface area contributed by atoms with E-state index in [1.165, 1.54) is 12.2 Å². The molecule has 0 fully saturated rings. The van der Waals surface area contributed by atoms with Crippen molar-refractivity contribution in [2.24, 2.45) is 5.73 Å². The Kier molecular flexibility index (Phi) is 6.22. The van der Waals surface area contributed by atoms with Crippen LogP contribution in [0.1, 0.15) is 28.8 Å². The van der Waals surface area contributed by atoms with Crippen LogP contribution in [0, 0.1) is 17.0 Å². The number of primary amides is 1. The van der Waals surface area contributed by atoms with E-state index in [4.69, 9.17) is 5.73 Å². The van der Waals surface area contributed by atoms with Crippen LogP contribution in [0.4, 0.5) is 5.69 Å². The number of nitrogens with zero attached hydrogens (tertiary/aromatic N) is 1. The summed E-state index contributed by atoms with van der Waals surface area (Å²) < 4.78 is 0. The number of hydrogen-bond donors (Lipinski definition) is 2. The lowest BCUT2D eigenvalue weighted by atomic mass is 9.97. The zero-order chi connectivity index (χ0) is 21.7. The van der Waals surface area contributed by atoms with Gasteiger partial charge >= 0.3 is 0 Å². The van der Waals surface area contributed by atoms with Crippen LogP contribution in [0.5, 0.6) is 0 Å². The maximum Gasteiger partial charge on any atom is 0.253 e. The average Bonchev–Trinajstić information content (AvgIpc) is 2.73. The Balaban J connectivity index is 1.73. The minimum atomic E-state index is -0.491. The van der Waals surface area contributed by atoms with Crippen LogP contribution in [-0.4, -0.2) is 16.7 Å². The van der Waals surface area contributed by atoms with E-state index in [1.807, 2.05) is 31.2 Å². The summed E-state index contributed by atoms with van der Waals surface area (Å²) in [5.74, 6) is -0.876. The van der Waals surface area contributed by atoms with Crippen molar-refractivity contribution in [3.05, 3.63) is 99.3 Å². The van der Waals surface area contributed by atoms with E-state index in [9.17, 15) is 19.7 Å². The first-order valence-corrected chi connectivity index (χ1v) is 9.39. The molecule has 1 aliphatic carbocycles. The standard InChI is InChI=1S/C23H21N3O4/c1-15-6-7-18(23(24)28)14-20(15)16-8-11-19(12-9-16)25-22(27)13-10-17-4-2-3-5-21(17)26(29)30/h2,4,6-14H,3,5H2,1H3,(H2,24,28)(H,25,27)/b13-10+. The number of carbonyl (C=O) groups excluding carboxylic acids is 2. The lowest BCUT2D eigenvalue weighted by molar-refractivity contribution is -0.428. The molecule has 3 rings (SSSR count). The molecular formula is C23H21N3O4. The van der Waals surface area contributed by atoms with Gasteiger partial charge in [0, 0.05) is 29.3 Å². The molecule has 30 heavy (non-hydrogen) atoms. The highest BCUT2D eigenvalue weighted by Gasteiger charge is 2.17. The summed E-state index contributed by atoms with van der Waals surface area (Å²) in [6, 6.07) is 12.4. The maximum absolute atomic E-state index is 12.2. The van der Waals surface area contributed by atoms with Crippen molar-refractivity contribution in [1.82, 2.24) is 0 Å². The van der Waals surface area contributed by atoms with Crippen LogP contribution in [0.3, 0.4) is 0 Å². The molecule has 0 unspecified atom stereocenters. The normalized spacial score (nSPS) is 13.5. The number of benzene rings is 2. The number of amides is 2. The van der Waals surface area contributed by atoms with Gasteiger partial charge in [0.2, 0.25) is 11.8 Å². The number of allylic oxidation sites excluding steroid dienone is 5. The van der Waals surface area contributed by atoms with Gasteiger partial charge in [-0.2, -0.15) is 0 Å². The topological polar surface area (TPSA) is 115 Å². The van der Waals surface area contributed by atoms with Crippen molar-refractivity contribution < 1.29 is 14.5 Å². The Morgan fingerprint density at radius 1 is 1.17 bits per heavy atom. The van der Waals surface area contributed by atoms with Crippen LogP contribution in [0.2, 0.25) is 0 Å². The molecule has 152 valence electrons. The fourth-order valence-corrected chi connectivity index (χ4v) is 3.19. The van der Waals surface area contributed by atoms with Crippen LogP contribution < -0.4 is 11.1 Å². The van der Waals surface area contributed by atoms with Gasteiger partial charge in [-0.15, -0.1) is 0 Å². The van der Waals surface area contributed by atoms with Gasteiger partial charge in [0.1, 0.15) is 0 Å². The predicted molar refractivity (Wildman–Crippen MR) is 115 cm³/mol. The third-order valence-electron chi connectivity index (χ3n) is 4.80. The van der Waals surface area contributed by atoms with Crippen molar-refractivity contribution in [1.29, 1.82) is 0 Å². The minimum absolute atomic E-state index is 0.111.